The molecule has 0 bridgehead atoms. The van der Waals surface area contributed by atoms with Gasteiger partial charge in [0.2, 0.25) is 0 Å². The van der Waals surface area contributed by atoms with Crippen molar-refractivity contribution in [2.75, 3.05) is 7.11 Å². The van der Waals surface area contributed by atoms with Crippen LogP contribution in [0.2, 0.25) is 0 Å². The van der Waals surface area contributed by atoms with Crippen molar-refractivity contribution in [2.45, 2.75) is 13.1 Å². The molecule has 29 heavy (non-hydrogen) atoms. The van der Waals surface area contributed by atoms with E-state index in [1.165, 1.54) is 15.8 Å². The van der Waals surface area contributed by atoms with Gasteiger partial charge in [-0.2, -0.15) is 0 Å². The van der Waals surface area contributed by atoms with Gasteiger partial charge >= 0.3 is 5.97 Å². The van der Waals surface area contributed by atoms with Gasteiger partial charge in [-0.05, 0) is 29.1 Å². The summed E-state index contributed by atoms with van der Waals surface area (Å²) in [6.07, 6.45) is 1.48. The second kappa shape index (κ2) is 8.25. The third-order valence-electron chi connectivity index (χ3n) is 4.23. The number of rotatable bonds is 7. The number of carboxylic acid groups (broad SMARTS) is 1. The smallest absolute Gasteiger partial charge is 0.341 e. The van der Waals surface area contributed by atoms with E-state index in [0.717, 1.165) is 16.9 Å². The number of aromatic carboxylic acids is 1. The number of allylic oxidation sites excluding steroid dienone is 1. The second-order valence-electron chi connectivity index (χ2n) is 6.28. The van der Waals surface area contributed by atoms with E-state index in [0.29, 0.717) is 22.5 Å². The summed E-state index contributed by atoms with van der Waals surface area (Å²) in [7, 11) is 1.57. The Balaban J connectivity index is 1.87. The number of hydrogen-bond acceptors (Lipinski definition) is 8. The highest BCUT2D eigenvalue weighted by molar-refractivity contribution is 7.17. The molecule has 0 radical (unpaired) electrons. The third kappa shape index (κ3) is 4.18. The molecule has 0 spiro atoms. The van der Waals surface area contributed by atoms with Crippen molar-refractivity contribution in [2.24, 2.45) is 11.6 Å². The number of fused-ring (bicyclic) bond motifs is 1. The first kappa shape index (κ1) is 20.2. The molecule has 1 aromatic carbocycles. The van der Waals surface area contributed by atoms with E-state index in [9.17, 15) is 19.8 Å². The first-order chi connectivity index (χ1) is 13.8. The van der Waals surface area contributed by atoms with Gasteiger partial charge in [0.1, 0.15) is 11.3 Å². The van der Waals surface area contributed by atoms with Crippen molar-refractivity contribution in [3.8, 4) is 11.5 Å². The zero-order valence-electron chi connectivity index (χ0n) is 15.5. The second-order valence-corrected chi connectivity index (χ2v) is 7.20. The van der Waals surface area contributed by atoms with E-state index in [1.54, 1.807) is 18.6 Å². The molecule has 0 saturated carbocycles. The number of aromatic hydroxyl groups is 1. The van der Waals surface area contributed by atoms with E-state index < -0.39 is 22.8 Å². The Morgan fingerprint density at radius 1 is 1.38 bits per heavy atom. The van der Waals surface area contributed by atoms with Gasteiger partial charge < -0.3 is 25.7 Å². The van der Waals surface area contributed by atoms with Gasteiger partial charge in [-0.3, -0.25) is 9.36 Å². The van der Waals surface area contributed by atoms with Crippen LogP contribution in [0.4, 0.5) is 0 Å². The molecule has 0 aliphatic carbocycles. The van der Waals surface area contributed by atoms with Crippen LogP contribution in [0.15, 0.2) is 52.4 Å². The van der Waals surface area contributed by atoms with Gasteiger partial charge in [0.25, 0.3) is 5.56 Å². The number of carbonyl (C=O) groups is 1. The fraction of sp³-hybridized carbons (Fsp3) is 0.158. The molecule has 0 fully saturated rings. The molecule has 2 heterocycles. The van der Waals surface area contributed by atoms with Crippen LogP contribution in [0.1, 0.15) is 15.9 Å². The van der Waals surface area contributed by atoms with Gasteiger partial charge in [0.15, 0.2) is 5.75 Å². The summed E-state index contributed by atoms with van der Waals surface area (Å²) >= 11 is 1.12. The summed E-state index contributed by atoms with van der Waals surface area (Å²) < 4.78 is 6.69. The van der Waals surface area contributed by atoms with Crippen molar-refractivity contribution in [1.82, 2.24) is 9.58 Å². The van der Waals surface area contributed by atoms with Gasteiger partial charge in [-0.1, -0.05) is 12.1 Å². The van der Waals surface area contributed by atoms with Crippen molar-refractivity contribution in [3.05, 3.63) is 69.1 Å². The predicted octanol–water partition coefficient (Wildman–Crippen LogP) is 1.65. The molecule has 2 aromatic heterocycles. The molecule has 0 amide bonds. The zero-order valence-corrected chi connectivity index (χ0v) is 16.3. The number of thiophene rings is 1. The van der Waals surface area contributed by atoms with Crippen molar-refractivity contribution in [3.63, 3.8) is 0 Å². The maximum absolute atomic E-state index is 12.5. The molecule has 152 valence electrons. The van der Waals surface area contributed by atoms with E-state index in [4.69, 9.17) is 16.3 Å². The minimum atomic E-state index is -1.37. The van der Waals surface area contributed by atoms with Crippen molar-refractivity contribution in [1.29, 1.82) is 0 Å². The van der Waals surface area contributed by atoms with Gasteiger partial charge in [-0.25, -0.2) is 10.6 Å². The molecule has 0 atom stereocenters. The quantitative estimate of drug-likeness (QED) is 0.336. The molecule has 6 N–H and O–H groups in total. The van der Waals surface area contributed by atoms with E-state index >= 15 is 0 Å². The number of aromatic nitrogens is 1. The van der Waals surface area contributed by atoms with Crippen LogP contribution < -0.4 is 21.9 Å². The highest BCUT2D eigenvalue weighted by Gasteiger charge is 2.22. The Hall–Kier alpha value is -3.50. The van der Waals surface area contributed by atoms with E-state index in [1.807, 2.05) is 24.3 Å². The standard InChI is InChI=1S/C19H20N4O5S/c1-28-13-4-2-3-11(7-13)8-22(21)9-12(20)10-23-14-5-6-29-17(14)15(19(26)27)16(24)18(23)25/h2-7,9,24H,8,10,20-21H2,1H3,(H,26,27)/b12-9-. The Morgan fingerprint density at radius 2 is 2.14 bits per heavy atom. The Labute approximate surface area is 169 Å². The number of nitrogens with two attached hydrogens (primary N) is 2. The molecule has 0 saturated heterocycles. The Kier molecular flexibility index (Phi) is 5.76. The highest BCUT2D eigenvalue weighted by atomic mass is 32.1. The summed E-state index contributed by atoms with van der Waals surface area (Å²) in [5, 5.41) is 22.4. The fourth-order valence-corrected chi connectivity index (χ4v) is 3.91. The number of methoxy groups -OCH3 is 1. The number of hydrazine groups is 1. The number of hydrogen-bond donors (Lipinski definition) is 4. The Bertz CT molecular complexity index is 1150. The maximum Gasteiger partial charge on any atom is 0.341 e. The van der Waals surface area contributed by atoms with Crippen LogP contribution in [-0.4, -0.2) is 32.9 Å². The molecule has 0 aliphatic rings. The zero-order chi connectivity index (χ0) is 21.1. The van der Waals surface area contributed by atoms with Crippen molar-refractivity contribution < 1.29 is 19.7 Å². The summed E-state index contributed by atoms with van der Waals surface area (Å²) in [4.78, 5) is 23.9. The molecule has 9 nitrogen and oxygen atoms in total. The monoisotopic (exact) mass is 416 g/mol. The van der Waals surface area contributed by atoms with Crippen molar-refractivity contribution >= 4 is 27.5 Å². The lowest BCUT2D eigenvalue weighted by atomic mass is 10.2. The normalized spacial score (nSPS) is 11.6. The number of carboxylic acids is 1. The van der Waals surface area contributed by atoms with Crippen LogP contribution in [0.3, 0.4) is 0 Å². The molecule has 3 rings (SSSR count). The SMILES string of the molecule is COc1cccc(CN(N)/C=C(\N)Cn2c(=O)c(O)c(C(=O)O)c3sccc32)c1. The molecule has 0 unspecified atom stereocenters. The third-order valence-corrected chi connectivity index (χ3v) is 5.15. The van der Waals surface area contributed by atoms with E-state index in [2.05, 4.69) is 0 Å². The molecule has 3 aromatic rings. The number of pyridine rings is 1. The van der Waals surface area contributed by atoms with Crippen LogP contribution in [-0.2, 0) is 13.1 Å². The Morgan fingerprint density at radius 3 is 2.83 bits per heavy atom. The van der Waals surface area contributed by atoms with Crippen LogP contribution in [0.25, 0.3) is 10.2 Å². The van der Waals surface area contributed by atoms with Gasteiger partial charge in [0, 0.05) is 11.9 Å². The molecular formula is C19H20N4O5S. The van der Waals surface area contributed by atoms with Crippen LogP contribution >= 0.6 is 11.3 Å². The van der Waals surface area contributed by atoms with Gasteiger partial charge in [0.05, 0.1) is 30.4 Å². The topological polar surface area (TPSA) is 144 Å². The summed E-state index contributed by atoms with van der Waals surface area (Å²) in [5.74, 6) is 4.52. The summed E-state index contributed by atoms with van der Waals surface area (Å²) in [6, 6.07) is 8.99. The summed E-state index contributed by atoms with van der Waals surface area (Å²) in [6.45, 7) is 0.287. The van der Waals surface area contributed by atoms with Gasteiger partial charge in [-0.15, -0.1) is 11.3 Å². The average molecular weight is 416 g/mol. The minimum absolute atomic E-state index is 0.0642. The average Bonchev–Trinajstić information content (AvgIpc) is 3.14. The minimum Gasteiger partial charge on any atom is -0.502 e. The highest BCUT2D eigenvalue weighted by Crippen LogP contribution is 2.29. The first-order valence-corrected chi connectivity index (χ1v) is 9.36. The largest absolute Gasteiger partial charge is 0.502 e. The molecular weight excluding hydrogens is 396 g/mol. The number of nitrogens with zero attached hydrogens (tertiary/aromatic N) is 2. The fourth-order valence-electron chi connectivity index (χ4n) is 2.97. The first-order valence-electron chi connectivity index (χ1n) is 8.48. The maximum atomic E-state index is 12.5. The lowest BCUT2D eigenvalue weighted by Gasteiger charge is -2.17. The predicted molar refractivity (Wildman–Crippen MR) is 110 cm³/mol. The summed E-state index contributed by atoms with van der Waals surface area (Å²) in [5.41, 5.74) is 6.35. The molecule has 0 aliphatic heterocycles. The lowest BCUT2D eigenvalue weighted by molar-refractivity contribution is 0.0695. The van der Waals surface area contributed by atoms with Crippen LogP contribution in [0, 0.1) is 0 Å². The molecule has 10 heteroatoms. The number of benzene rings is 1. The van der Waals surface area contributed by atoms with Crippen LogP contribution in [0.5, 0.6) is 11.5 Å². The number of ether oxygens (including phenoxy) is 1. The van der Waals surface area contributed by atoms with E-state index in [-0.39, 0.29) is 12.2 Å². The lowest BCUT2D eigenvalue weighted by Crippen LogP contribution is -2.29.